The van der Waals surface area contributed by atoms with Crippen LogP contribution < -0.4 is 5.32 Å². The van der Waals surface area contributed by atoms with Crippen LogP contribution in [0.3, 0.4) is 0 Å². The van der Waals surface area contributed by atoms with E-state index in [4.69, 9.17) is 5.11 Å². The average Bonchev–Trinajstić information content (AvgIpc) is 2.84. The predicted molar refractivity (Wildman–Crippen MR) is 62.5 cm³/mol. The van der Waals surface area contributed by atoms with E-state index < -0.39 is 41.3 Å². The normalized spacial score (nSPS) is 20.9. The second kappa shape index (κ2) is 5.36. The molecule has 0 aliphatic heterocycles. The van der Waals surface area contributed by atoms with Crippen LogP contribution in [0.1, 0.15) is 16.8 Å². The average molecular weight is 285 g/mol. The Bertz CT molecular complexity index is 578. The Labute approximate surface area is 111 Å². The number of carbonyl (C=O) groups excluding carboxylic acids is 1. The maximum absolute atomic E-state index is 13.0. The number of amides is 1. The second-order valence-corrected chi connectivity index (χ2v) is 4.40. The van der Waals surface area contributed by atoms with Gasteiger partial charge in [0.1, 0.15) is 0 Å². The fourth-order valence-electron chi connectivity index (χ4n) is 1.93. The van der Waals surface area contributed by atoms with Gasteiger partial charge in [-0.3, -0.25) is 9.59 Å². The van der Waals surface area contributed by atoms with E-state index in [2.05, 4.69) is 5.32 Å². The van der Waals surface area contributed by atoms with Crippen LogP contribution in [0.15, 0.2) is 24.3 Å². The van der Waals surface area contributed by atoms with Crippen LogP contribution in [-0.4, -0.2) is 23.0 Å². The Hall–Kier alpha value is -2.31. The van der Waals surface area contributed by atoms with Gasteiger partial charge < -0.3 is 10.4 Å². The highest BCUT2D eigenvalue weighted by molar-refractivity contribution is 5.94. The molecule has 0 fully saturated rings. The number of carbonyl (C=O) groups is 2. The van der Waals surface area contributed by atoms with Crippen molar-refractivity contribution < 1.29 is 27.9 Å². The number of carboxylic acid groups (broad SMARTS) is 1. The molecule has 20 heavy (non-hydrogen) atoms. The number of nitrogens with one attached hydrogen (secondary N) is 1. The van der Waals surface area contributed by atoms with Gasteiger partial charge in [-0.05, 0) is 18.6 Å². The number of rotatable bonds is 3. The monoisotopic (exact) mass is 285 g/mol. The maximum atomic E-state index is 13.0. The zero-order valence-electron chi connectivity index (χ0n) is 10.1. The van der Waals surface area contributed by atoms with Gasteiger partial charge in [-0.15, -0.1) is 0 Å². The summed E-state index contributed by atoms with van der Waals surface area (Å²) < 4.78 is 38.8. The number of carboxylic acids is 1. The molecule has 1 amide bonds. The lowest BCUT2D eigenvalue weighted by molar-refractivity contribution is -0.140. The molecule has 1 aromatic rings. The van der Waals surface area contributed by atoms with Gasteiger partial charge in [0.15, 0.2) is 17.5 Å². The van der Waals surface area contributed by atoms with Crippen LogP contribution in [0, 0.1) is 23.4 Å². The lowest BCUT2D eigenvalue weighted by Crippen LogP contribution is -2.33. The fourth-order valence-corrected chi connectivity index (χ4v) is 1.93. The number of halogens is 3. The Morgan fingerprint density at radius 1 is 1.15 bits per heavy atom. The van der Waals surface area contributed by atoms with Gasteiger partial charge in [0.25, 0.3) is 5.91 Å². The van der Waals surface area contributed by atoms with Gasteiger partial charge in [-0.25, -0.2) is 13.2 Å². The first-order chi connectivity index (χ1) is 9.38. The molecule has 1 aromatic carbocycles. The van der Waals surface area contributed by atoms with Crippen molar-refractivity contribution in [1.82, 2.24) is 5.32 Å². The summed E-state index contributed by atoms with van der Waals surface area (Å²) in [5.74, 6) is -7.09. The molecule has 7 heteroatoms. The highest BCUT2D eigenvalue weighted by Gasteiger charge is 2.26. The molecule has 1 aliphatic rings. The van der Waals surface area contributed by atoms with Gasteiger partial charge in [0.2, 0.25) is 0 Å². The zero-order chi connectivity index (χ0) is 14.9. The number of aliphatic carboxylic acids is 1. The van der Waals surface area contributed by atoms with Crippen LogP contribution in [0.2, 0.25) is 0 Å². The summed E-state index contributed by atoms with van der Waals surface area (Å²) in [5, 5.41) is 11.2. The summed E-state index contributed by atoms with van der Waals surface area (Å²) in [6, 6.07) is 0.627. The summed E-state index contributed by atoms with van der Waals surface area (Å²) in [4.78, 5) is 22.5. The molecular formula is C13H10F3NO3. The van der Waals surface area contributed by atoms with Crippen LogP contribution in [0.25, 0.3) is 0 Å². The van der Waals surface area contributed by atoms with Crippen molar-refractivity contribution in [1.29, 1.82) is 0 Å². The molecule has 2 N–H and O–H groups in total. The smallest absolute Gasteiger partial charge is 0.310 e. The van der Waals surface area contributed by atoms with Gasteiger partial charge >= 0.3 is 5.97 Å². The second-order valence-electron chi connectivity index (χ2n) is 4.40. The summed E-state index contributed by atoms with van der Waals surface area (Å²) in [5.41, 5.74) is -0.367. The molecule has 0 heterocycles. The van der Waals surface area contributed by atoms with Crippen molar-refractivity contribution in [2.45, 2.75) is 12.5 Å². The molecular weight excluding hydrogens is 275 g/mol. The largest absolute Gasteiger partial charge is 0.481 e. The quantitative estimate of drug-likeness (QED) is 0.658. The summed E-state index contributed by atoms with van der Waals surface area (Å²) in [6.45, 7) is 0. The van der Waals surface area contributed by atoms with E-state index in [1.165, 1.54) is 12.2 Å². The van der Waals surface area contributed by atoms with Crippen molar-refractivity contribution >= 4 is 11.9 Å². The molecule has 2 atom stereocenters. The van der Waals surface area contributed by atoms with Gasteiger partial charge in [-0.1, -0.05) is 12.2 Å². The molecule has 0 saturated heterocycles. The molecule has 0 radical (unpaired) electrons. The van der Waals surface area contributed by atoms with Crippen molar-refractivity contribution in [2.75, 3.05) is 0 Å². The SMILES string of the molecule is O=C(NC1C=CC(C(=O)O)C1)c1cc(F)c(F)c(F)c1. The Balaban J connectivity index is 2.07. The highest BCUT2D eigenvalue weighted by Crippen LogP contribution is 2.19. The minimum atomic E-state index is -1.65. The molecule has 2 rings (SSSR count). The maximum Gasteiger partial charge on any atom is 0.310 e. The van der Waals surface area contributed by atoms with Crippen molar-refractivity contribution in [3.05, 3.63) is 47.3 Å². The van der Waals surface area contributed by atoms with Crippen molar-refractivity contribution in [2.24, 2.45) is 5.92 Å². The minimum absolute atomic E-state index is 0.160. The summed E-state index contributed by atoms with van der Waals surface area (Å²) in [6.07, 6.45) is 3.08. The number of hydrogen-bond acceptors (Lipinski definition) is 2. The van der Waals surface area contributed by atoms with Crippen molar-refractivity contribution in [3.8, 4) is 0 Å². The predicted octanol–water partition coefficient (Wildman–Crippen LogP) is 1.86. The lowest BCUT2D eigenvalue weighted by atomic mass is 10.1. The van der Waals surface area contributed by atoms with E-state index in [0.717, 1.165) is 0 Å². The molecule has 0 saturated carbocycles. The van der Waals surface area contributed by atoms with Gasteiger partial charge in [-0.2, -0.15) is 0 Å². The number of benzene rings is 1. The third kappa shape index (κ3) is 2.81. The van der Waals surface area contributed by atoms with E-state index in [1.54, 1.807) is 0 Å². The first-order valence-electron chi connectivity index (χ1n) is 5.75. The van der Waals surface area contributed by atoms with Crippen LogP contribution in [-0.2, 0) is 4.79 Å². The lowest BCUT2D eigenvalue weighted by Gasteiger charge is -2.12. The van der Waals surface area contributed by atoms with E-state index in [0.29, 0.717) is 12.1 Å². The molecule has 0 bridgehead atoms. The molecule has 0 aromatic heterocycles. The Morgan fingerprint density at radius 3 is 2.25 bits per heavy atom. The van der Waals surface area contributed by atoms with E-state index in [9.17, 15) is 22.8 Å². The fraction of sp³-hybridized carbons (Fsp3) is 0.231. The van der Waals surface area contributed by atoms with Gasteiger partial charge in [0, 0.05) is 11.6 Å². The van der Waals surface area contributed by atoms with Gasteiger partial charge in [0.05, 0.1) is 5.92 Å². The van der Waals surface area contributed by atoms with E-state index in [-0.39, 0.29) is 12.0 Å². The third-order valence-electron chi connectivity index (χ3n) is 2.96. The minimum Gasteiger partial charge on any atom is -0.481 e. The van der Waals surface area contributed by atoms with Crippen LogP contribution in [0.4, 0.5) is 13.2 Å². The number of hydrogen-bond donors (Lipinski definition) is 2. The first-order valence-corrected chi connectivity index (χ1v) is 5.75. The summed E-state index contributed by atoms with van der Waals surface area (Å²) >= 11 is 0. The first kappa shape index (κ1) is 14.1. The molecule has 2 unspecified atom stereocenters. The Morgan fingerprint density at radius 2 is 1.75 bits per heavy atom. The van der Waals surface area contributed by atoms with Crippen LogP contribution in [0.5, 0.6) is 0 Å². The molecule has 1 aliphatic carbocycles. The highest BCUT2D eigenvalue weighted by atomic mass is 19.2. The van der Waals surface area contributed by atoms with E-state index >= 15 is 0 Å². The zero-order valence-corrected chi connectivity index (χ0v) is 10.1. The third-order valence-corrected chi connectivity index (χ3v) is 2.96. The Kier molecular flexibility index (Phi) is 3.78. The summed E-state index contributed by atoms with van der Waals surface area (Å²) in [7, 11) is 0. The van der Waals surface area contributed by atoms with Crippen LogP contribution >= 0.6 is 0 Å². The molecule has 0 spiro atoms. The molecule has 4 nitrogen and oxygen atoms in total. The van der Waals surface area contributed by atoms with E-state index in [1.807, 2.05) is 0 Å². The topological polar surface area (TPSA) is 66.4 Å². The van der Waals surface area contributed by atoms with Crippen molar-refractivity contribution in [3.63, 3.8) is 0 Å². The molecule has 106 valence electrons. The standard InChI is InChI=1S/C13H10F3NO3/c14-9-4-7(5-10(15)11(9)16)12(18)17-8-2-1-6(3-8)13(19)20/h1-2,4-6,8H,3H2,(H,17,18)(H,19,20).